The van der Waals surface area contributed by atoms with Crippen molar-refractivity contribution in [2.24, 2.45) is 0 Å². The normalized spacial score (nSPS) is 14.4. The van der Waals surface area contributed by atoms with Crippen molar-refractivity contribution in [3.05, 3.63) is 42.2 Å². The lowest BCUT2D eigenvalue weighted by molar-refractivity contribution is 0.303. The van der Waals surface area contributed by atoms with Crippen LogP contribution in [0.1, 0.15) is 31.9 Å². The second-order valence-electron chi connectivity index (χ2n) is 5.28. The van der Waals surface area contributed by atoms with Crippen LogP contribution >= 0.6 is 0 Å². The van der Waals surface area contributed by atoms with Gasteiger partial charge in [0.25, 0.3) is 0 Å². The molecule has 1 aromatic heterocycles. The van der Waals surface area contributed by atoms with Gasteiger partial charge in [-0.2, -0.15) is 0 Å². The van der Waals surface area contributed by atoms with E-state index in [4.69, 9.17) is 9.15 Å². The smallest absolute Gasteiger partial charge is 0.134 e. The standard InChI is InChI=1S/C17H21NO2/c1-2-11-18-12-16-9-10-17(20-16)13-3-5-14(6-4-13)19-15-7-8-15/h3-6,9-10,15,18H,2,7-8,11-12H2,1H3. The van der Waals surface area contributed by atoms with Gasteiger partial charge in [-0.15, -0.1) is 0 Å². The summed E-state index contributed by atoms with van der Waals surface area (Å²) >= 11 is 0. The molecule has 3 rings (SSSR count). The quantitative estimate of drug-likeness (QED) is 0.773. The predicted octanol–water partition coefficient (Wildman–Crippen LogP) is 3.99. The molecule has 3 heteroatoms. The molecular formula is C17H21NO2. The van der Waals surface area contributed by atoms with Crippen LogP contribution in [0.4, 0.5) is 0 Å². The third-order valence-electron chi connectivity index (χ3n) is 3.35. The van der Waals surface area contributed by atoms with Crippen LogP contribution in [0.3, 0.4) is 0 Å². The number of hydrogen-bond acceptors (Lipinski definition) is 3. The molecule has 1 aromatic carbocycles. The minimum atomic E-state index is 0.445. The molecule has 1 aliphatic carbocycles. The van der Waals surface area contributed by atoms with Gasteiger partial charge in [0.1, 0.15) is 17.3 Å². The number of furan rings is 1. The van der Waals surface area contributed by atoms with Crippen LogP contribution in [0.2, 0.25) is 0 Å². The van der Waals surface area contributed by atoms with Gasteiger partial charge < -0.3 is 14.5 Å². The fraction of sp³-hybridized carbons (Fsp3) is 0.412. The van der Waals surface area contributed by atoms with E-state index in [9.17, 15) is 0 Å². The summed E-state index contributed by atoms with van der Waals surface area (Å²) in [4.78, 5) is 0. The maximum absolute atomic E-state index is 5.85. The Labute approximate surface area is 119 Å². The van der Waals surface area contributed by atoms with E-state index in [0.29, 0.717) is 6.10 Å². The summed E-state index contributed by atoms with van der Waals surface area (Å²) in [6.07, 6.45) is 3.96. The average molecular weight is 271 g/mol. The summed E-state index contributed by atoms with van der Waals surface area (Å²) in [6.45, 7) is 3.96. The Morgan fingerprint density at radius 3 is 2.65 bits per heavy atom. The highest BCUT2D eigenvalue weighted by Crippen LogP contribution is 2.29. The molecule has 1 fully saturated rings. The molecule has 0 atom stereocenters. The van der Waals surface area contributed by atoms with Crippen LogP contribution in [0, 0.1) is 0 Å². The van der Waals surface area contributed by atoms with Crippen molar-refractivity contribution in [3.63, 3.8) is 0 Å². The number of nitrogens with one attached hydrogen (secondary N) is 1. The van der Waals surface area contributed by atoms with Gasteiger partial charge in [0, 0.05) is 5.56 Å². The molecule has 1 heterocycles. The monoisotopic (exact) mass is 271 g/mol. The molecule has 3 nitrogen and oxygen atoms in total. The molecule has 1 N–H and O–H groups in total. The maximum Gasteiger partial charge on any atom is 0.134 e. The molecule has 1 aliphatic rings. The lowest BCUT2D eigenvalue weighted by Gasteiger charge is -2.04. The molecule has 0 unspecified atom stereocenters. The van der Waals surface area contributed by atoms with E-state index in [-0.39, 0.29) is 0 Å². The van der Waals surface area contributed by atoms with E-state index >= 15 is 0 Å². The van der Waals surface area contributed by atoms with Gasteiger partial charge in [0.05, 0.1) is 12.6 Å². The highest BCUT2D eigenvalue weighted by Gasteiger charge is 2.23. The summed E-state index contributed by atoms with van der Waals surface area (Å²) < 4.78 is 11.6. The molecule has 0 saturated heterocycles. The topological polar surface area (TPSA) is 34.4 Å². The summed E-state index contributed by atoms with van der Waals surface area (Å²) in [5.41, 5.74) is 1.09. The molecular weight excluding hydrogens is 250 g/mol. The Kier molecular flexibility index (Phi) is 4.07. The number of benzene rings is 1. The zero-order chi connectivity index (χ0) is 13.8. The van der Waals surface area contributed by atoms with Crippen LogP contribution < -0.4 is 10.1 Å². The van der Waals surface area contributed by atoms with Crippen LogP contribution in [0.5, 0.6) is 5.75 Å². The van der Waals surface area contributed by atoms with E-state index in [1.807, 2.05) is 24.3 Å². The first-order chi connectivity index (χ1) is 9.85. The Morgan fingerprint density at radius 2 is 1.95 bits per heavy atom. The Hall–Kier alpha value is -1.74. The number of ether oxygens (including phenoxy) is 1. The van der Waals surface area contributed by atoms with Crippen molar-refractivity contribution in [1.82, 2.24) is 5.32 Å². The van der Waals surface area contributed by atoms with Gasteiger partial charge in [-0.25, -0.2) is 0 Å². The Bertz CT molecular complexity index is 540. The summed E-state index contributed by atoms with van der Waals surface area (Å²) in [7, 11) is 0. The van der Waals surface area contributed by atoms with E-state index < -0.39 is 0 Å². The van der Waals surface area contributed by atoms with Crippen molar-refractivity contribution < 1.29 is 9.15 Å². The highest BCUT2D eigenvalue weighted by molar-refractivity contribution is 5.58. The summed E-state index contributed by atoms with van der Waals surface area (Å²) in [5, 5.41) is 3.34. The third kappa shape index (κ3) is 3.42. The van der Waals surface area contributed by atoms with Gasteiger partial charge in [-0.1, -0.05) is 6.92 Å². The SMILES string of the molecule is CCCNCc1ccc(-c2ccc(OC3CC3)cc2)o1. The fourth-order valence-electron chi connectivity index (χ4n) is 2.09. The number of rotatable bonds is 7. The molecule has 106 valence electrons. The summed E-state index contributed by atoms with van der Waals surface area (Å²) in [5.74, 6) is 2.84. The van der Waals surface area contributed by atoms with Crippen molar-refractivity contribution >= 4 is 0 Å². The predicted molar refractivity (Wildman–Crippen MR) is 79.8 cm³/mol. The largest absolute Gasteiger partial charge is 0.490 e. The minimum absolute atomic E-state index is 0.445. The van der Waals surface area contributed by atoms with Gasteiger partial charge >= 0.3 is 0 Å². The van der Waals surface area contributed by atoms with Crippen molar-refractivity contribution in [2.75, 3.05) is 6.54 Å². The van der Waals surface area contributed by atoms with Crippen LogP contribution in [-0.4, -0.2) is 12.6 Å². The van der Waals surface area contributed by atoms with E-state index in [1.54, 1.807) is 0 Å². The molecule has 0 aliphatic heterocycles. The second-order valence-corrected chi connectivity index (χ2v) is 5.28. The van der Waals surface area contributed by atoms with Gasteiger partial charge in [0.2, 0.25) is 0 Å². The lowest BCUT2D eigenvalue weighted by Crippen LogP contribution is -2.12. The summed E-state index contributed by atoms with van der Waals surface area (Å²) in [6, 6.07) is 12.2. The van der Waals surface area contributed by atoms with Crippen LogP contribution in [0.25, 0.3) is 11.3 Å². The van der Waals surface area contributed by atoms with Crippen LogP contribution in [0.15, 0.2) is 40.8 Å². The molecule has 0 bridgehead atoms. The van der Waals surface area contributed by atoms with E-state index in [0.717, 1.165) is 42.3 Å². The minimum Gasteiger partial charge on any atom is -0.490 e. The molecule has 0 amide bonds. The lowest BCUT2D eigenvalue weighted by atomic mass is 10.2. The van der Waals surface area contributed by atoms with Crippen molar-refractivity contribution in [3.8, 4) is 17.1 Å². The number of hydrogen-bond donors (Lipinski definition) is 1. The first kappa shape index (κ1) is 13.3. The van der Waals surface area contributed by atoms with E-state index in [2.05, 4.69) is 24.4 Å². The molecule has 0 spiro atoms. The molecule has 1 saturated carbocycles. The second kappa shape index (κ2) is 6.14. The van der Waals surface area contributed by atoms with Gasteiger partial charge in [0.15, 0.2) is 0 Å². The van der Waals surface area contributed by atoms with Crippen molar-refractivity contribution in [1.29, 1.82) is 0 Å². The van der Waals surface area contributed by atoms with Gasteiger partial charge in [-0.05, 0) is 62.2 Å². The molecule has 0 radical (unpaired) electrons. The Morgan fingerprint density at radius 1 is 1.15 bits per heavy atom. The average Bonchev–Trinajstić information content (AvgIpc) is 3.16. The third-order valence-corrected chi connectivity index (χ3v) is 3.35. The van der Waals surface area contributed by atoms with E-state index in [1.165, 1.54) is 12.8 Å². The van der Waals surface area contributed by atoms with Gasteiger partial charge in [-0.3, -0.25) is 0 Å². The maximum atomic E-state index is 5.85. The first-order valence-electron chi connectivity index (χ1n) is 7.41. The Balaban J connectivity index is 1.62. The highest BCUT2D eigenvalue weighted by atomic mass is 16.5. The molecule has 20 heavy (non-hydrogen) atoms. The first-order valence-corrected chi connectivity index (χ1v) is 7.41. The van der Waals surface area contributed by atoms with Crippen molar-refractivity contribution in [2.45, 2.75) is 38.8 Å². The van der Waals surface area contributed by atoms with Crippen LogP contribution in [-0.2, 0) is 6.54 Å². The fourth-order valence-corrected chi connectivity index (χ4v) is 2.09. The molecule has 2 aromatic rings. The zero-order valence-electron chi connectivity index (χ0n) is 11.9. The zero-order valence-corrected chi connectivity index (χ0v) is 11.9.